The van der Waals surface area contributed by atoms with Crippen molar-refractivity contribution in [2.24, 2.45) is 0 Å². The minimum Gasteiger partial charge on any atom is -0.463 e. The van der Waals surface area contributed by atoms with E-state index in [2.05, 4.69) is 21.2 Å². The number of esters is 3. The smallest absolute Gasteiger partial charge is 0.408 e. The summed E-state index contributed by atoms with van der Waals surface area (Å²) in [6, 6.07) is 0. The van der Waals surface area contributed by atoms with Gasteiger partial charge >= 0.3 is 24.0 Å². The molecule has 29 heavy (non-hydrogen) atoms. The second kappa shape index (κ2) is 10.9. The first-order valence-electron chi connectivity index (χ1n) is 8.03. The number of ether oxygens (including phenoxy) is 5. The summed E-state index contributed by atoms with van der Waals surface area (Å²) in [6.07, 6.45) is -4.53. The third kappa shape index (κ3) is 9.12. The largest absolute Gasteiger partial charge is 0.463 e. The van der Waals surface area contributed by atoms with E-state index in [-0.39, 0.29) is 13.2 Å². The lowest BCUT2D eigenvalue weighted by atomic mass is 9.97. The second-order valence-corrected chi connectivity index (χ2v) is 9.87. The molecule has 0 aromatic heterocycles. The van der Waals surface area contributed by atoms with Crippen LogP contribution in [0, 0.1) is 0 Å². The topological polar surface area (TPSA) is 126 Å². The number of halogens is 4. The van der Waals surface area contributed by atoms with Crippen LogP contribution in [0.3, 0.4) is 0 Å². The highest BCUT2D eigenvalue weighted by atomic mass is 79.9. The maximum atomic E-state index is 12.1. The Morgan fingerprint density at radius 1 is 1.07 bits per heavy atom. The fourth-order valence-corrected chi connectivity index (χ4v) is 3.14. The molecule has 1 fully saturated rings. The average molecular weight is 544 g/mol. The number of rotatable bonds is 6. The summed E-state index contributed by atoms with van der Waals surface area (Å²) in [6.45, 7) is 2.30. The highest BCUT2D eigenvalue weighted by Crippen LogP contribution is 2.34. The van der Waals surface area contributed by atoms with Crippen LogP contribution in [0.5, 0.6) is 0 Å². The molecule has 1 heterocycles. The summed E-state index contributed by atoms with van der Waals surface area (Å²) in [5.41, 5.74) is 0. The molecule has 0 aliphatic carbocycles. The maximum absolute atomic E-state index is 12.1. The molecular formula is C15H19BrCl3NO9. The molecule has 1 amide bonds. The second-order valence-electron chi connectivity index (χ2n) is 5.93. The Hall–Kier alpha value is -1.01. The number of nitrogens with one attached hydrogen (secondary N) is 1. The van der Waals surface area contributed by atoms with Crippen LogP contribution < -0.4 is 5.32 Å². The lowest BCUT2D eigenvalue weighted by Gasteiger charge is -2.45. The van der Waals surface area contributed by atoms with Crippen molar-refractivity contribution in [3.05, 3.63) is 0 Å². The Balaban J connectivity index is 3.08. The minimum absolute atomic E-state index is 0.280. The van der Waals surface area contributed by atoms with Crippen molar-refractivity contribution < 1.29 is 42.9 Å². The molecule has 14 heteroatoms. The van der Waals surface area contributed by atoms with Gasteiger partial charge < -0.3 is 29.0 Å². The molecule has 0 aromatic rings. The van der Waals surface area contributed by atoms with Gasteiger partial charge in [0.15, 0.2) is 16.7 Å². The molecule has 4 atom stereocenters. The predicted molar refractivity (Wildman–Crippen MR) is 104 cm³/mol. The van der Waals surface area contributed by atoms with Crippen molar-refractivity contribution in [3.63, 3.8) is 0 Å². The molecule has 1 aliphatic heterocycles. The molecule has 1 N–H and O–H groups in total. The predicted octanol–water partition coefficient (Wildman–Crippen LogP) is 2.00. The molecule has 0 saturated carbocycles. The van der Waals surface area contributed by atoms with Crippen molar-refractivity contribution in [1.82, 2.24) is 5.32 Å². The highest BCUT2D eigenvalue weighted by Gasteiger charge is 2.54. The van der Waals surface area contributed by atoms with Crippen LogP contribution >= 0.6 is 50.7 Å². The Morgan fingerprint density at radius 2 is 1.66 bits per heavy atom. The number of alkyl halides is 4. The average Bonchev–Trinajstić information content (AvgIpc) is 2.54. The van der Waals surface area contributed by atoms with E-state index >= 15 is 0 Å². The molecule has 0 radical (unpaired) electrons. The molecule has 1 aliphatic rings. The van der Waals surface area contributed by atoms with E-state index in [1.807, 2.05) is 0 Å². The van der Waals surface area contributed by atoms with E-state index in [4.69, 9.17) is 58.5 Å². The lowest BCUT2D eigenvalue weighted by Crippen LogP contribution is -2.68. The van der Waals surface area contributed by atoms with Crippen LogP contribution in [0.4, 0.5) is 4.79 Å². The zero-order chi connectivity index (χ0) is 22.4. The van der Waals surface area contributed by atoms with Crippen molar-refractivity contribution in [3.8, 4) is 0 Å². The van der Waals surface area contributed by atoms with E-state index in [1.54, 1.807) is 0 Å². The van der Waals surface area contributed by atoms with Crippen LogP contribution in [0.1, 0.15) is 20.8 Å². The molecule has 0 spiro atoms. The fraction of sp³-hybridized carbons (Fsp3) is 0.733. The van der Waals surface area contributed by atoms with Gasteiger partial charge in [-0.2, -0.15) is 0 Å². The van der Waals surface area contributed by atoms with Crippen LogP contribution in [0.25, 0.3) is 0 Å². The number of hydrogen-bond acceptors (Lipinski definition) is 9. The van der Waals surface area contributed by atoms with Gasteiger partial charge in [0.25, 0.3) is 0 Å². The number of alkyl carbamates (subject to hydrolysis) is 1. The van der Waals surface area contributed by atoms with Gasteiger partial charge in [-0.05, 0) is 0 Å². The first-order chi connectivity index (χ1) is 13.2. The van der Waals surface area contributed by atoms with Crippen molar-refractivity contribution in [2.45, 2.75) is 47.3 Å². The molecule has 0 bridgehead atoms. The minimum atomic E-state index is -1.84. The van der Waals surface area contributed by atoms with E-state index in [0.29, 0.717) is 0 Å². The molecule has 1 rings (SSSR count). The molecule has 0 aromatic carbocycles. The number of carbonyl (C=O) groups is 4. The number of hydrogen-bond donors (Lipinski definition) is 1. The molecule has 10 nitrogen and oxygen atoms in total. The highest BCUT2D eigenvalue weighted by molar-refractivity contribution is 9.10. The SMILES string of the molecule is CC(=O)OC[C@H]1OC[C@@](Br)(NC(=O)OCC(Cl)(Cl)Cl)[C@@H](OC(C)=O)[C@@H]1OC(C)=O. The maximum Gasteiger partial charge on any atom is 0.408 e. The standard InChI is InChI=1S/C15H19BrCl3NO9/c1-7(21)25-4-10-11(28-8(2)22)12(29-9(3)23)14(16,5-26-10)20-13(24)27-6-15(17,18)19/h10-12H,4-6H2,1-3H3,(H,20,24)/t10-,11-,12+,14-/m1/s1. The normalized spacial score (nSPS) is 26.8. The Kier molecular flexibility index (Phi) is 9.74. The molecule has 1 saturated heterocycles. The van der Waals surface area contributed by atoms with E-state index in [0.717, 1.165) is 13.8 Å². The third-order valence-electron chi connectivity index (χ3n) is 3.35. The molecular weight excluding hydrogens is 524 g/mol. The zero-order valence-electron chi connectivity index (χ0n) is 15.5. The van der Waals surface area contributed by atoms with Crippen LogP contribution in [0.2, 0.25) is 0 Å². The van der Waals surface area contributed by atoms with Gasteiger partial charge in [-0.3, -0.25) is 14.4 Å². The van der Waals surface area contributed by atoms with Gasteiger partial charge in [-0.1, -0.05) is 50.7 Å². The molecule has 0 unspecified atom stereocenters. The van der Waals surface area contributed by atoms with Gasteiger partial charge in [0.1, 0.15) is 19.3 Å². The lowest BCUT2D eigenvalue weighted by molar-refractivity contribution is -0.209. The zero-order valence-corrected chi connectivity index (χ0v) is 19.4. The Bertz CT molecular complexity index is 645. The monoisotopic (exact) mass is 541 g/mol. The first kappa shape index (κ1) is 26.0. The quantitative estimate of drug-likeness (QED) is 0.232. The van der Waals surface area contributed by atoms with Crippen LogP contribution in [-0.2, 0) is 38.1 Å². The summed E-state index contributed by atoms with van der Waals surface area (Å²) >= 11 is 19.8. The van der Waals surface area contributed by atoms with Gasteiger partial charge in [0.05, 0.1) is 6.61 Å². The number of carbonyl (C=O) groups excluding carboxylic acids is 4. The van der Waals surface area contributed by atoms with Gasteiger partial charge in [-0.15, -0.1) is 0 Å². The Labute approximate surface area is 189 Å². The van der Waals surface area contributed by atoms with Gasteiger partial charge in [-0.25, -0.2) is 4.79 Å². The summed E-state index contributed by atoms with van der Waals surface area (Å²) in [5.74, 6) is -2.05. The Morgan fingerprint density at radius 3 is 2.14 bits per heavy atom. The van der Waals surface area contributed by atoms with Crippen LogP contribution in [-0.4, -0.2) is 70.4 Å². The van der Waals surface area contributed by atoms with E-state index in [1.165, 1.54) is 6.92 Å². The first-order valence-corrected chi connectivity index (χ1v) is 9.96. The summed E-state index contributed by atoms with van der Waals surface area (Å²) in [4.78, 5) is 46.4. The van der Waals surface area contributed by atoms with Crippen molar-refractivity contribution in [2.75, 3.05) is 19.8 Å². The van der Waals surface area contributed by atoms with Crippen molar-refractivity contribution in [1.29, 1.82) is 0 Å². The number of amides is 1. The van der Waals surface area contributed by atoms with Crippen molar-refractivity contribution >= 4 is 74.7 Å². The summed E-state index contributed by atoms with van der Waals surface area (Å²) < 4.78 is 22.4. The molecule has 166 valence electrons. The van der Waals surface area contributed by atoms with Gasteiger partial charge in [0, 0.05) is 20.8 Å². The summed E-state index contributed by atoms with van der Waals surface area (Å²) in [5, 5.41) is 2.39. The summed E-state index contributed by atoms with van der Waals surface area (Å²) in [7, 11) is 0. The van der Waals surface area contributed by atoms with Gasteiger partial charge in [0.2, 0.25) is 3.79 Å². The van der Waals surface area contributed by atoms with Crippen LogP contribution in [0.15, 0.2) is 0 Å². The third-order valence-corrected chi connectivity index (χ3v) is 4.55. The fourth-order valence-electron chi connectivity index (χ4n) is 2.33. The van der Waals surface area contributed by atoms with E-state index < -0.39 is 57.2 Å². The van der Waals surface area contributed by atoms with E-state index in [9.17, 15) is 19.2 Å².